The van der Waals surface area contributed by atoms with Crippen molar-refractivity contribution in [3.8, 4) is 0 Å². The second-order valence-electron chi connectivity index (χ2n) is 6.55. The number of amides is 1. The van der Waals surface area contributed by atoms with Crippen LogP contribution in [0.1, 0.15) is 40.0 Å². The lowest BCUT2D eigenvalue weighted by Gasteiger charge is -2.20. The Hall–Kier alpha value is -1.14. The molecule has 0 aromatic rings. The minimum Gasteiger partial charge on any atom is -0.464 e. The van der Waals surface area contributed by atoms with Crippen molar-refractivity contribution in [2.75, 3.05) is 19.8 Å². The Balaban J connectivity index is 1.73. The third-order valence-electron chi connectivity index (χ3n) is 3.74. The third kappa shape index (κ3) is 5.57. The summed E-state index contributed by atoms with van der Waals surface area (Å²) in [4.78, 5) is 23.6. The van der Waals surface area contributed by atoms with E-state index in [1.54, 1.807) is 6.92 Å². The van der Waals surface area contributed by atoms with Crippen LogP contribution in [0, 0.1) is 11.8 Å². The molecule has 0 unspecified atom stereocenters. The van der Waals surface area contributed by atoms with E-state index in [0.717, 1.165) is 13.0 Å². The van der Waals surface area contributed by atoms with Gasteiger partial charge in [0.05, 0.1) is 19.3 Å². The first kappa shape index (κ1) is 17.2. The van der Waals surface area contributed by atoms with Gasteiger partial charge in [-0.2, -0.15) is 0 Å². The Morgan fingerprint density at radius 2 is 2.00 bits per heavy atom. The summed E-state index contributed by atoms with van der Waals surface area (Å²) in [6.45, 7) is 7.51. The van der Waals surface area contributed by atoms with Crippen molar-refractivity contribution in [2.45, 2.75) is 58.3 Å². The molecule has 0 spiro atoms. The lowest BCUT2D eigenvalue weighted by Crippen LogP contribution is -2.42. The van der Waals surface area contributed by atoms with Crippen molar-refractivity contribution in [3.63, 3.8) is 0 Å². The van der Waals surface area contributed by atoms with Gasteiger partial charge in [0.25, 0.3) is 5.91 Å². The van der Waals surface area contributed by atoms with Crippen LogP contribution in [-0.2, 0) is 23.8 Å². The molecule has 6 nitrogen and oxygen atoms in total. The lowest BCUT2D eigenvalue weighted by molar-refractivity contribution is -0.144. The minimum absolute atomic E-state index is 0.0432. The van der Waals surface area contributed by atoms with Gasteiger partial charge in [0.1, 0.15) is 0 Å². The van der Waals surface area contributed by atoms with Crippen LogP contribution in [-0.4, -0.2) is 49.9 Å². The highest BCUT2D eigenvalue weighted by Gasteiger charge is 2.51. The molecule has 1 saturated heterocycles. The van der Waals surface area contributed by atoms with Gasteiger partial charge in [0.15, 0.2) is 12.2 Å². The van der Waals surface area contributed by atoms with Gasteiger partial charge in [0.2, 0.25) is 0 Å². The summed E-state index contributed by atoms with van der Waals surface area (Å²) in [5, 5.41) is 2.93. The largest absolute Gasteiger partial charge is 0.464 e. The van der Waals surface area contributed by atoms with E-state index in [0.29, 0.717) is 18.4 Å². The number of hydrogen-bond donors (Lipinski definition) is 1. The molecule has 3 atom stereocenters. The number of rotatable bonds is 10. The van der Waals surface area contributed by atoms with Crippen LogP contribution in [0.5, 0.6) is 0 Å². The Morgan fingerprint density at radius 1 is 1.27 bits per heavy atom. The monoisotopic (exact) mass is 313 g/mol. The van der Waals surface area contributed by atoms with Crippen molar-refractivity contribution in [1.82, 2.24) is 5.32 Å². The highest BCUT2D eigenvalue weighted by molar-refractivity contribution is 5.92. The molecule has 2 aliphatic rings. The van der Waals surface area contributed by atoms with Crippen LogP contribution in [0.4, 0.5) is 0 Å². The summed E-state index contributed by atoms with van der Waals surface area (Å²) in [6, 6.07) is -0.0432. The van der Waals surface area contributed by atoms with Crippen LogP contribution in [0.15, 0.2) is 0 Å². The molecule has 6 heteroatoms. The second-order valence-corrected chi connectivity index (χ2v) is 6.55. The number of epoxide rings is 1. The number of esters is 1. The van der Waals surface area contributed by atoms with E-state index in [2.05, 4.69) is 19.2 Å². The molecule has 0 aromatic heterocycles. The zero-order valence-electron chi connectivity index (χ0n) is 13.7. The molecule has 1 saturated carbocycles. The standard InChI is InChI=1S/C16H27NO5/c1-4-21-16(19)14-13(22-14)15(18)17-12(7-10(2)3)9-20-8-11-5-6-11/h10-14H,4-9H2,1-3H3,(H,17,18)/t12-,13-,14-/m0/s1. The van der Waals surface area contributed by atoms with Gasteiger partial charge < -0.3 is 19.5 Å². The quantitative estimate of drug-likeness (QED) is 0.485. The summed E-state index contributed by atoms with van der Waals surface area (Å²) in [5.41, 5.74) is 0. The predicted molar refractivity (Wildman–Crippen MR) is 80.2 cm³/mol. The van der Waals surface area contributed by atoms with E-state index >= 15 is 0 Å². The van der Waals surface area contributed by atoms with E-state index in [1.807, 2.05) is 0 Å². The molecule has 2 rings (SSSR count). The molecule has 0 aromatic carbocycles. The van der Waals surface area contributed by atoms with Crippen LogP contribution >= 0.6 is 0 Å². The Morgan fingerprint density at radius 3 is 2.59 bits per heavy atom. The highest BCUT2D eigenvalue weighted by Crippen LogP contribution is 2.29. The second kappa shape index (κ2) is 7.92. The van der Waals surface area contributed by atoms with Crippen molar-refractivity contribution in [1.29, 1.82) is 0 Å². The number of carbonyl (C=O) groups is 2. The normalized spacial score (nSPS) is 24.9. The molecule has 1 aliphatic carbocycles. The first-order valence-corrected chi connectivity index (χ1v) is 8.21. The third-order valence-corrected chi connectivity index (χ3v) is 3.74. The minimum atomic E-state index is -0.743. The van der Waals surface area contributed by atoms with Gasteiger partial charge >= 0.3 is 5.97 Å². The molecule has 1 N–H and O–H groups in total. The van der Waals surface area contributed by atoms with Crippen LogP contribution in [0.3, 0.4) is 0 Å². The van der Waals surface area contributed by atoms with Crippen molar-refractivity contribution < 1.29 is 23.8 Å². The molecule has 0 radical (unpaired) electrons. The summed E-state index contributed by atoms with van der Waals surface area (Å²) in [7, 11) is 0. The van der Waals surface area contributed by atoms with Gasteiger partial charge in [0, 0.05) is 6.61 Å². The van der Waals surface area contributed by atoms with Gasteiger partial charge in [-0.15, -0.1) is 0 Å². The summed E-state index contributed by atoms with van der Waals surface area (Å²) >= 11 is 0. The van der Waals surface area contributed by atoms with Crippen LogP contribution in [0.25, 0.3) is 0 Å². The number of ether oxygens (including phenoxy) is 3. The number of hydrogen-bond acceptors (Lipinski definition) is 5. The Labute approximate surface area is 131 Å². The number of nitrogens with one attached hydrogen (secondary N) is 1. The molecule has 126 valence electrons. The van der Waals surface area contributed by atoms with Gasteiger partial charge in [-0.1, -0.05) is 13.8 Å². The lowest BCUT2D eigenvalue weighted by atomic mass is 10.0. The molecule has 22 heavy (non-hydrogen) atoms. The van der Waals surface area contributed by atoms with Crippen LogP contribution in [0.2, 0.25) is 0 Å². The molecule has 1 aliphatic heterocycles. The van der Waals surface area contributed by atoms with Crippen molar-refractivity contribution in [2.24, 2.45) is 11.8 Å². The highest BCUT2D eigenvalue weighted by atomic mass is 16.6. The Kier molecular flexibility index (Phi) is 6.20. The summed E-state index contributed by atoms with van der Waals surface area (Å²) in [6.07, 6.45) is 1.88. The maximum absolute atomic E-state index is 12.1. The Bertz CT molecular complexity index is 394. The smallest absolute Gasteiger partial charge is 0.338 e. The van der Waals surface area contributed by atoms with E-state index in [4.69, 9.17) is 14.2 Å². The molecule has 1 amide bonds. The molecular weight excluding hydrogens is 286 g/mol. The molecule has 1 heterocycles. The predicted octanol–water partition coefficient (Wildman–Crippen LogP) is 1.27. The van der Waals surface area contributed by atoms with E-state index in [9.17, 15) is 9.59 Å². The first-order valence-electron chi connectivity index (χ1n) is 8.21. The van der Waals surface area contributed by atoms with Crippen molar-refractivity contribution in [3.05, 3.63) is 0 Å². The zero-order valence-corrected chi connectivity index (χ0v) is 13.7. The summed E-state index contributed by atoms with van der Waals surface area (Å²) in [5.74, 6) is 0.443. The topological polar surface area (TPSA) is 77.2 Å². The molecule has 0 bridgehead atoms. The van der Waals surface area contributed by atoms with Crippen molar-refractivity contribution >= 4 is 11.9 Å². The number of carbonyl (C=O) groups excluding carboxylic acids is 2. The molecule has 2 fully saturated rings. The first-order chi connectivity index (χ1) is 10.5. The molecular formula is C16H27NO5. The van der Waals surface area contributed by atoms with Gasteiger partial charge in [-0.25, -0.2) is 4.79 Å². The van der Waals surface area contributed by atoms with Crippen LogP contribution < -0.4 is 5.32 Å². The van der Waals surface area contributed by atoms with E-state index < -0.39 is 18.2 Å². The fourth-order valence-corrected chi connectivity index (χ4v) is 2.40. The SMILES string of the molecule is CCOC(=O)[C@H]1O[C@@H]1C(=O)N[C@H](COCC1CC1)CC(C)C. The zero-order chi connectivity index (χ0) is 16.1. The average molecular weight is 313 g/mol. The fraction of sp³-hybridized carbons (Fsp3) is 0.875. The fourth-order valence-electron chi connectivity index (χ4n) is 2.40. The maximum atomic E-state index is 12.1. The van der Waals surface area contributed by atoms with E-state index in [1.165, 1.54) is 12.8 Å². The van der Waals surface area contributed by atoms with Gasteiger partial charge in [-0.3, -0.25) is 4.79 Å². The maximum Gasteiger partial charge on any atom is 0.338 e. The summed E-state index contributed by atoms with van der Waals surface area (Å²) < 4.78 is 15.7. The van der Waals surface area contributed by atoms with Gasteiger partial charge in [-0.05, 0) is 38.0 Å². The van der Waals surface area contributed by atoms with E-state index in [-0.39, 0.29) is 18.6 Å². The average Bonchev–Trinajstić information content (AvgIpc) is 3.32.